The largest absolute Gasteiger partial charge is 0.465 e. The Morgan fingerprint density at radius 1 is 1.12 bits per heavy atom. The molecule has 1 aliphatic rings. The molecule has 0 atom stereocenters. The van der Waals surface area contributed by atoms with Gasteiger partial charge in [0.15, 0.2) is 5.92 Å². The lowest BCUT2D eigenvalue weighted by Crippen LogP contribution is -2.29. The summed E-state index contributed by atoms with van der Waals surface area (Å²) in [5, 5.41) is 1.44. The third-order valence-corrected chi connectivity index (χ3v) is 4.39. The molecule has 0 fully saturated rings. The second-order valence-corrected chi connectivity index (χ2v) is 6.28. The number of ether oxygens (including phenoxy) is 2. The van der Waals surface area contributed by atoms with Crippen LogP contribution < -0.4 is 0 Å². The summed E-state index contributed by atoms with van der Waals surface area (Å²) in [4.78, 5) is 37.1. The number of carbonyl (C=O) groups is 3. The third kappa shape index (κ3) is 3.24. The Morgan fingerprint density at radius 2 is 1.77 bits per heavy atom. The molecule has 136 valence electrons. The minimum atomic E-state index is -1.16. The normalized spacial score (nSPS) is 13.1. The Bertz CT molecular complexity index is 909. The fourth-order valence-corrected chi connectivity index (χ4v) is 3.22. The number of aromatic nitrogens is 1. The average Bonchev–Trinajstić information content (AvgIpc) is 3.08. The predicted octanol–water partition coefficient (Wildman–Crippen LogP) is 3.46. The number of hydrogen-bond acceptors (Lipinski definition) is 5. The molecule has 0 bridgehead atoms. The molecule has 1 aromatic carbocycles. The lowest BCUT2D eigenvalue weighted by molar-refractivity contribution is -0.161. The van der Waals surface area contributed by atoms with Crippen LogP contribution in [0.25, 0.3) is 17.0 Å². The number of halogens is 1. The van der Waals surface area contributed by atoms with Crippen LogP contribution in [0.4, 0.5) is 0 Å². The zero-order valence-electron chi connectivity index (χ0n) is 14.5. The maximum absolute atomic E-state index is 12.8. The zero-order chi connectivity index (χ0) is 18.8. The van der Waals surface area contributed by atoms with Crippen molar-refractivity contribution in [2.45, 2.75) is 20.3 Å². The summed E-state index contributed by atoms with van der Waals surface area (Å²) >= 11 is 5.99. The van der Waals surface area contributed by atoms with Crippen LogP contribution in [0.2, 0.25) is 5.02 Å². The van der Waals surface area contributed by atoms with Gasteiger partial charge in [0, 0.05) is 22.4 Å². The van der Waals surface area contributed by atoms with E-state index in [1.807, 2.05) is 6.07 Å². The first kappa shape index (κ1) is 18.2. The summed E-state index contributed by atoms with van der Waals surface area (Å²) in [6.45, 7) is 3.60. The van der Waals surface area contributed by atoms with E-state index in [2.05, 4.69) is 0 Å². The van der Waals surface area contributed by atoms with Crippen molar-refractivity contribution < 1.29 is 23.9 Å². The number of carbonyl (C=O) groups excluding carboxylic acids is 3. The van der Waals surface area contributed by atoms with Gasteiger partial charge in [0.1, 0.15) is 0 Å². The number of benzene rings is 1. The first-order chi connectivity index (χ1) is 12.5. The van der Waals surface area contributed by atoms with Crippen molar-refractivity contribution in [3.8, 4) is 0 Å². The highest BCUT2D eigenvalue weighted by Crippen LogP contribution is 2.32. The van der Waals surface area contributed by atoms with Crippen LogP contribution >= 0.6 is 11.6 Å². The molecule has 1 aromatic heterocycles. The molecule has 0 unspecified atom stereocenters. The fraction of sp³-hybridized carbons (Fsp3) is 0.316. The average molecular weight is 376 g/mol. The minimum Gasteiger partial charge on any atom is -0.465 e. The molecule has 0 N–H and O–H groups in total. The van der Waals surface area contributed by atoms with Crippen LogP contribution in [0.15, 0.2) is 29.8 Å². The predicted molar refractivity (Wildman–Crippen MR) is 96.9 cm³/mol. The summed E-state index contributed by atoms with van der Waals surface area (Å²) in [6, 6.07) is 7.10. The second kappa shape index (κ2) is 7.33. The zero-order valence-corrected chi connectivity index (χ0v) is 15.2. The highest BCUT2D eigenvalue weighted by Gasteiger charge is 2.35. The van der Waals surface area contributed by atoms with Crippen molar-refractivity contribution >= 4 is 46.4 Å². The van der Waals surface area contributed by atoms with E-state index in [1.165, 1.54) is 0 Å². The molecule has 26 heavy (non-hydrogen) atoms. The summed E-state index contributed by atoms with van der Waals surface area (Å²) in [5.74, 6) is -2.80. The minimum absolute atomic E-state index is 0.0622. The van der Waals surface area contributed by atoms with E-state index in [-0.39, 0.29) is 25.5 Å². The molecule has 6 nitrogen and oxygen atoms in total. The van der Waals surface area contributed by atoms with Crippen molar-refractivity contribution in [1.82, 2.24) is 4.57 Å². The molecular weight excluding hydrogens is 358 g/mol. The first-order valence-corrected chi connectivity index (χ1v) is 8.73. The molecule has 0 saturated carbocycles. The third-order valence-electron chi connectivity index (χ3n) is 4.16. The molecule has 0 amide bonds. The van der Waals surface area contributed by atoms with Gasteiger partial charge in [-0.3, -0.25) is 19.0 Å². The van der Waals surface area contributed by atoms with Gasteiger partial charge in [-0.25, -0.2) is 0 Å². The van der Waals surface area contributed by atoms with Crippen LogP contribution in [0.1, 0.15) is 30.8 Å². The molecule has 7 heteroatoms. The van der Waals surface area contributed by atoms with Gasteiger partial charge in [-0.05, 0) is 44.2 Å². The Morgan fingerprint density at radius 3 is 2.38 bits per heavy atom. The summed E-state index contributed by atoms with van der Waals surface area (Å²) < 4.78 is 11.5. The maximum atomic E-state index is 12.8. The van der Waals surface area contributed by atoms with Crippen LogP contribution in [0.5, 0.6) is 0 Å². The lowest BCUT2D eigenvalue weighted by atomic mass is 9.99. The molecule has 0 spiro atoms. The van der Waals surface area contributed by atoms with Crippen LogP contribution in [0, 0.1) is 5.92 Å². The van der Waals surface area contributed by atoms with Crippen molar-refractivity contribution in [3.63, 3.8) is 0 Å². The number of allylic oxidation sites excluding steroid dienone is 1. The SMILES string of the molecule is CCOC(=O)C(CC1=Cc2cc3cc(Cl)ccc3n2C1=O)C(=O)OCC. The molecule has 0 saturated heterocycles. The number of esters is 2. The van der Waals surface area contributed by atoms with E-state index in [0.717, 1.165) is 10.9 Å². The second-order valence-electron chi connectivity index (χ2n) is 5.84. The fourth-order valence-electron chi connectivity index (χ4n) is 3.04. The van der Waals surface area contributed by atoms with E-state index in [9.17, 15) is 14.4 Å². The Balaban J connectivity index is 1.90. The molecule has 0 aliphatic carbocycles. The number of fused-ring (bicyclic) bond motifs is 3. The van der Waals surface area contributed by atoms with Gasteiger partial charge < -0.3 is 9.47 Å². The molecular formula is C19H18ClNO5. The van der Waals surface area contributed by atoms with Gasteiger partial charge >= 0.3 is 11.9 Å². The monoisotopic (exact) mass is 375 g/mol. The topological polar surface area (TPSA) is 74.6 Å². The van der Waals surface area contributed by atoms with Crippen molar-refractivity contribution in [2.75, 3.05) is 13.2 Å². The Kier molecular flexibility index (Phi) is 5.13. The van der Waals surface area contributed by atoms with Gasteiger partial charge in [-0.15, -0.1) is 0 Å². The number of nitrogens with zero attached hydrogens (tertiary/aromatic N) is 1. The van der Waals surface area contributed by atoms with Crippen molar-refractivity contribution in [1.29, 1.82) is 0 Å². The van der Waals surface area contributed by atoms with Crippen molar-refractivity contribution in [2.24, 2.45) is 5.92 Å². The van der Waals surface area contributed by atoms with E-state index < -0.39 is 17.9 Å². The van der Waals surface area contributed by atoms with E-state index in [1.54, 1.807) is 42.7 Å². The highest BCUT2D eigenvalue weighted by atomic mass is 35.5. The molecule has 3 rings (SSSR count). The Labute approximate surface area is 155 Å². The van der Waals surface area contributed by atoms with Gasteiger partial charge in [0.05, 0.1) is 24.4 Å². The summed E-state index contributed by atoms with van der Waals surface area (Å²) in [6.07, 6.45) is 1.62. The summed E-state index contributed by atoms with van der Waals surface area (Å²) in [7, 11) is 0. The van der Waals surface area contributed by atoms with Crippen LogP contribution in [0.3, 0.4) is 0 Å². The lowest BCUT2D eigenvalue weighted by Gasteiger charge is -2.14. The quantitative estimate of drug-likeness (QED) is 0.571. The highest BCUT2D eigenvalue weighted by molar-refractivity contribution is 6.31. The standard InChI is InChI=1S/C19H18ClNO5/c1-3-25-18(23)15(19(24)26-4-2)10-12-9-14-8-11-7-13(20)5-6-16(11)21(14)17(12)22/h5-9,15H,3-4,10H2,1-2H3. The molecule has 2 aromatic rings. The molecule has 0 radical (unpaired) electrons. The Hall–Kier alpha value is -2.60. The number of rotatable bonds is 6. The van der Waals surface area contributed by atoms with Crippen LogP contribution in [-0.4, -0.2) is 35.6 Å². The van der Waals surface area contributed by atoms with Gasteiger partial charge in [-0.2, -0.15) is 0 Å². The van der Waals surface area contributed by atoms with E-state index in [0.29, 0.717) is 16.3 Å². The number of hydrogen-bond donors (Lipinski definition) is 0. The molecule has 2 heterocycles. The van der Waals surface area contributed by atoms with Gasteiger partial charge in [-0.1, -0.05) is 11.6 Å². The first-order valence-electron chi connectivity index (χ1n) is 8.35. The van der Waals surface area contributed by atoms with Crippen LogP contribution in [-0.2, 0) is 19.1 Å². The smallest absolute Gasteiger partial charge is 0.320 e. The van der Waals surface area contributed by atoms with Crippen molar-refractivity contribution in [3.05, 3.63) is 40.6 Å². The van der Waals surface area contributed by atoms with E-state index >= 15 is 0 Å². The van der Waals surface area contributed by atoms with E-state index in [4.69, 9.17) is 21.1 Å². The maximum Gasteiger partial charge on any atom is 0.320 e. The van der Waals surface area contributed by atoms with Gasteiger partial charge in [0.2, 0.25) is 0 Å². The summed E-state index contributed by atoms with van der Waals surface area (Å²) in [5.41, 5.74) is 1.78. The van der Waals surface area contributed by atoms with Gasteiger partial charge in [0.25, 0.3) is 5.91 Å². The molecule has 1 aliphatic heterocycles.